The molecule has 1 saturated heterocycles. The second-order valence-electron chi connectivity index (χ2n) is 6.20. The highest BCUT2D eigenvalue weighted by molar-refractivity contribution is 5.84. The third-order valence-corrected chi connectivity index (χ3v) is 4.17. The third kappa shape index (κ3) is 7.10. The number of hydrogen-bond acceptors (Lipinski definition) is 4. The summed E-state index contributed by atoms with van der Waals surface area (Å²) in [5.74, 6) is -0.221. The van der Waals surface area contributed by atoms with Crippen molar-refractivity contribution in [2.45, 2.75) is 19.8 Å². The van der Waals surface area contributed by atoms with E-state index in [2.05, 4.69) is 20.9 Å². The van der Waals surface area contributed by atoms with Crippen LogP contribution < -0.4 is 16.0 Å². The highest BCUT2D eigenvalue weighted by atomic mass is 16.2. The minimum atomic E-state index is -0.131. The standard InChI is InChI=1S/C18H28N4O2/c1-15-2-4-16(5-3-15)6-7-17(23)21-14-18(24)20-10-13-22-11-8-19-9-12-22/h2-5,19H,6-14H2,1H3,(H,20,24)(H,21,23). The summed E-state index contributed by atoms with van der Waals surface area (Å²) in [6, 6.07) is 8.15. The molecule has 0 aromatic heterocycles. The van der Waals surface area contributed by atoms with Crippen molar-refractivity contribution in [3.63, 3.8) is 0 Å². The molecule has 1 aromatic rings. The second kappa shape index (κ2) is 10.1. The molecule has 1 heterocycles. The zero-order chi connectivity index (χ0) is 17.2. The van der Waals surface area contributed by atoms with Crippen molar-refractivity contribution in [3.8, 4) is 0 Å². The minimum Gasteiger partial charge on any atom is -0.353 e. The van der Waals surface area contributed by atoms with Gasteiger partial charge in [-0.15, -0.1) is 0 Å². The van der Waals surface area contributed by atoms with Gasteiger partial charge in [0.2, 0.25) is 11.8 Å². The van der Waals surface area contributed by atoms with Crippen LogP contribution in [0.2, 0.25) is 0 Å². The van der Waals surface area contributed by atoms with E-state index in [4.69, 9.17) is 0 Å². The Kier molecular flexibility index (Phi) is 7.71. The van der Waals surface area contributed by atoms with Crippen molar-refractivity contribution in [2.24, 2.45) is 0 Å². The van der Waals surface area contributed by atoms with Crippen LogP contribution in [0.15, 0.2) is 24.3 Å². The molecule has 3 N–H and O–H groups in total. The molecular formula is C18H28N4O2. The molecule has 1 aliphatic rings. The summed E-state index contributed by atoms with van der Waals surface area (Å²) in [5.41, 5.74) is 2.34. The van der Waals surface area contributed by atoms with E-state index in [0.29, 0.717) is 19.4 Å². The van der Waals surface area contributed by atoms with Gasteiger partial charge in [0.15, 0.2) is 0 Å². The van der Waals surface area contributed by atoms with Crippen LogP contribution in [0.1, 0.15) is 17.5 Å². The summed E-state index contributed by atoms with van der Waals surface area (Å²) < 4.78 is 0. The molecule has 0 aliphatic carbocycles. The minimum absolute atomic E-state index is 0.0499. The average molecular weight is 332 g/mol. The lowest BCUT2D eigenvalue weighted by molar-refractivity contribution is -0.126. The van der Waals surface area contributed by atoms with Gasteiger partial charge in [0.05, 0.1) is 6.54 Å². The second-order valence-corrected chi connectivity index (χ2v) is 6.20. The Morgan fingerprint density at radius 3 is 2.50 bits per heavy atom. The number of rotatable bonds is 8. The Morgan fingerprint density at radius 2 is 1.79 bits per heavy atom. The largest absolute Gasteiger partial charge is 0.353 e. The van der Waals surface area contributed by atoms with Crippen LogP contribution in [-0.4, -0.2) is 62.5 Å². The quantitative estimate of drug-likeness (QED) is 0.630. The van der Waals surface area contributed by atoms with E-state index in [1.807, 2.05) is 31.2 Å². The number of hydrogen-bond donors (Lipinski definition) is 3. The Morgan fingerprint density at radius 1 is 1.08 bits per heavy atom. The van der Waals surface area contributed by atoms with Crippen molar-refractivity contribution >= 4 is 11.8 Å². The number of piperazine rings is 1. The summed E-state index contributed by atoms with van der Waals surface area (Å²) in [5, 5.41) is 8.82. The molecule has 0 radical (unpaired) electrons. The molecule has 0 unspecified atom stereocenters. The molecule has 6 heteroatoms. The number of nitrogens with one attached hydrogen (secondary N) is 3. The predicted octanol–water partition coefficient (Wildman–Crippen LogP) is 0.0652. The van der Waals surface area contributed by atoms with Gasteiger partial charge in [0, 0.05) is 45.7 Å². The van der Waals surface area contributed by atoms with Gasteiger partial charge in [-0.05, 0) is 18.9 Å². The lowest BCUT2D eigenvalue weighted by Crippen LogP contribution is -2.47. The van der Waals surface area contributed by atoms with Crippen LogP contribution in [0.4, 0.5) is 0 Å². The molecule has 24 heavy (non-hydrogen) atoms. The van der Waals surface area contributed by atoms with Crippen molar-refractivity contribution in [1.82, 2.24) is 20.9 Å². The molecule has 0 saturated carbocycles. The number of carbonyl (C=O) groups excluding carboxylic acids is 2. The molecule has 2 rings (SSSR count). The van der Waals surface area contributed by atoms with E-state index in [0.717, 1.165) is 38.3 Å². The number of carbonyl (C=O) groups is 2. The molecule has 1 fully saturated rings. The van der Waals surface area contributed by atoms with Gasteiger partial charge in [0.1, 0.15) is 0 Å². The van der Waals surface area contributed by atoms with Crippen LogP contribution >= 0.6 is 0 Å². The smallest absolute Gasteiger partial charge is 0.239 e. The van der Waals surface area contributed by atoms with Crippen molar-refractivity contribution in [1.29, 1.82) is 0 Å². The molecule has 6 nitrogen and oxygen atoms in total. The summed E-state index contributed by atoms with van der Waals surface area (Å²) in [7, 11) is 0. The predicted molar refractivity (Wildman–Crippen MR) is 94.8 cm³/mol. The Labute approximate surface area is 144 Å². The summed E-state index contributed by atoms with van der Waals surface area (Å²) in [4.78, 5) is 25.9. The first kappa shape index (κ1) is 18.4. The Balaban J connectivity index is 1.53. The molecular weight excluding hydrogens is 304 g/mol. The zero-order valence-corrected chi connectivity index (χ0v) is 14.4. The summed E-state index contributed by atoms with van der Waals surface area (Å²) in [6.07, 6.45) is 1.09. The molecule has 1 aromatic carbocycles. The van der Waals surface area contributed by atoms with E-state index in [1.165, 1.54) is 5.56 Å². The first-order valence-electron chi connectivity index (χ1n) is 8.65. The van der Waals surface area contributed by atoms with E-state index in [-0.39, 0.29) is 18.4 Å². The van der Waals surface area contributed by atoms with Crippen LogP contribution in [0.5, 0.6) is 0 Å². The number of aryl methyl sites for hydroxylation is 2. The number of nitrogens with zero attached hydrogens (tertiary/aromatic N) is 1. The maximum Gasteiger partial charge on any atom is 0.239 e. The van der Waals surface area contributed by atoms with Gasteiger partial charge in [-0.25, -0.2) is 0 Å². The lowest BCUT2D eigenvalue weighted by atomic mass is 10.1. The SMILES string of the molecule is Cc1ccc(CCC(=O)NCC(=O)NCCN2CCNCC2)cc1. The highest BCUT2D eigenvalue weighted by Crippen LogP contribution is 2.05. The van der Waals surface area contributed by atoms with Crippen LogP contribution in [0.25, 0.3) is 0 Å². The number of amides is 2. The zero-order valence-electron chi connectivity index (χ0n) is 14.4. The van der Waals surface area contributed by atoms with Crippen molar-refractivity contribution < 1.29 is 9.59 Å². The van der Waals surface area contributed by atoms with Crippen molar-refractivity contribution in [2.75, 3.05) is 45.8 Å². The molecule has 2 amide bonds. The van der Waals surface area contributed by atoms with Gasteiger partial charge in [-0.1, -0.05) is 29.8 Å². The highest BCUT2D eigenvalue weighted by Gasteiger charge is 2.10. The van der Waals surface area contributed by atoms with Gasteiger partial charge >= 0.3 is 0 Å². The first-order chi connectivity index (χ1) is 11.6. The Hall–Kier alpha value is -1.92. The van der Waals surface area contributed by atoms with E-state index < -0.39 is 0 Å². The molecule has 0 atom stereocenters. The fourth-order valence-corrected chi connectivity index (χ4v) is 2.63. The topological polar surface area (TPSA) is 73.5 Å². The van der Waals surface area contributed by atoms with E-state index in [9.17, 15) is 9.59 Å². The van der Waals surface area contributed by atoms with Gasteiger partial charge < -0.3 is 16.0 Å². The first-order valence-corrected chi connectivity index (χ1v) is 8.65. The fourth-order valence-electron chi connectivity index (χ4n) is 2.63. The maximum absolute atomic E-state index is 11.8. The fraction of sp³-hybridized carbons (Fsp3) is 0.556. The summed E-state index contributed by atoms with van der Waals surface area (Å²) in [6.45, 7) is 7.62. The van der Waals surface area contributed by atoms with Gasteiger partial charge in [0.25, 0.3) is 0 Å². The van der Waals surface area contributed by atoms with Crippen LogP contribution in [-0.2, 0) is 16.0 Å². The van der Waals surface area contributed by atoms with E-state index >= 15 is 0 Å². The molecule has 1 aliphatic heterocycles. The van der Waals surface area contributed by atoms with Crippen LogP contribution in [0.3, 0.4) is 0 Å². The molecule has 0 bridgehead atoms. The van der Waals surface area contributed by atoms with Crippen LogP contribution in [0, 0.1) is 6.92 Å². The average Bonchev–Trinajstić information content (AvgIpc) is 2.60. The number of benzene rings is 1. The van der Waals surface area contributed by atoms with Gasteiger partial charge in [-0.3, -0.25) is 14.5 Å². The lowest BCUT2D eigenvalue weighted by Gasteiger charge is -2.27. The monoisotopic (exact) mass is 332 g/mol. The normalized spacial score (nSPS) is 15.0. The maximum atomic E-state index is 11.8. The Bertz CT molecular complexity index is 524. The molecule has 0 spiro atoms. The van der Waals surface area contributed by atoms with E-state index in [1.54, 1.807) is 0 Å². The summed E-state index contributed by atoms with van der Waals surface area (Å²) >= 11 is 0. The molecule has 132 valence electrons. The van der Waals surface area contributed by atoms with Crippen molar-refractivity contribution in [3.05, 3.63) is 35.4 Å². The third-order valence-electron chi connectivity index (χ3n) is 4.17. The van der Waals surface area contributed by atoms with Gasteiger partial charge in [-0.2, -0.15) is 0 Å².